The standard InChI is InChI=1S/C17H16BrN3O4S2/c1-3-25-16-12(18)8-11(9-14(16)24-2)10-19-21-27(22,23)17-20-13-6-4-5-7-15(13)26-17/h4-10,21H,3H2,1-2H3/b19-10+. The Balaban J connectivity index is 1.81. The molecule has 10 heteroatoms. The highest BCUT2D eigenvalue weighted by atomic mass is 79.9. The number of benzene rings is 2. The molecule has 0 aliphatic carbocycles. The second-order valence-electron chi connectivity index (χ2n) is 5.27. The summed E-state index contributed by atoms with van der Waals surface area (Å²) in [5.74, 6) is 1.09. The molecule has 1 heterocycles. The number of fused-ring (bicyclic) bond motifs is 1. The molecule has 7 nitrogen and oxygen atoms in total. The fourth-order valence-electron chi connectivity index (χ4n) is 2.27. The minimum atomic E-state index is -3.84. The number of hydrogen-bond donors (Lipinski definition) is 1. The van der Waals surface area contributed by atoms with Crippen LogP contribution < -0.4 is 14.3 Å². The van der Waals surface area contributed by atoms with Crippen LogP contribution in [0, 0.1) is 0 Å². The molecule has 0 saturated carbocycles. The number of halogens is 1. The summed E-state index contributed by atoms with van der Waals surface area (Å²) in [4.78, 5) is 6.32. The maximum Gasteiger partial charge on any atom is 0.303 e. The Morgan fingerprint density at radius 3 is 2.81 bits per heavy atom. The lowest BCUT2D eigenvalue weighted by atomic mass is 10.2. The molecule has 0 aliphatic heterocycles. The van der Waals surface area contributed by atoms with Crippen LogP contribution >= 0.6 is 27.3 Å². The number of nitrogens with one attached hydrogen (secondary N) is 1. The van der Waals surface area contributed by atoms with Gasteiger partial charge in [-0.3, -0.25) is 0 Å². The van der Waals surface area contributed by atoms with Gasteiger partial charge in [-0.1, -0.05) is 12.1 Å². The van der Waals surface area contributed by atoms with Gasteiger partial charge >= 0.3 is 10.0 Å². The zero-order chi connectivity index (χ0) is 19.4. The lowest BCUT2D eigenvalue weighted by molar-refractivity contribution is 0.309. The van der Waals surface area contributed by atoms with Crippen molar-refractivity contribution >= 4 is 53.7 Å². The molecule has 3 aromatic rings. The van der Waals surface area contributed by atoms with Gasteiger partial charge in [-0.25, -0.2) is 4.98 Å². The lowest BCUT2D eigenvalue weighted by Crippen LogP contribution is -2.18. The van der Waals surface area contributed by atoms with Crippen molar-refractivity contribution in [3.63, 3.8) is 0 Å². The van der Waals surface area contributed by atoms with Gasteiger partial charge in [0.25, 0.3) is 0 Å². The van der Waals surface area contributed by atoms with E-state index in [9.17, 15) is 8.42 Å². The molecule has 0 saturated heterocycles. The average molecular weight is 470 g/mol. The summed E-state index contributed by atoms with van der Waals surface area (Å²) >= 11 is 4.50. The van der Waals surface area contributed by atoms with Crippen LogP contribution in [0.1, 0.15) is 12.5 Å². The summed E-state index contributed by atoms with van der Waals surface area (Å²) < 4.78 is 37.0. The number of sulfonamides is 1. The van der Waals surface area contributed by atoms with E-state index < -0.39 is 10.0 Å². The molecule has 0 fully saturated rings. The normalized spacial score (nSPS) is 11.8. The number of ether oxygens (including phenoxy) is 2. The third-order valence-corrected chi connectivity index (χ3v) is 6.66. The number of nitrogens with zero attached hydrogens (tertiary/aromatic N) is 2. The molecular formula is C17H16BrN3O4S2. The van der Waals surface area contributed by atoms with Gasteiger partial charge in [0.05, 0.1) is 34.6 Å². The highest BCUT2D eigenvalue weighted by Gasteiger charge is 2.18. The number of hydrogen-bond acceptors (Lipinski definition) is 7. The van der Waals surface area contributed by atoms with E-state index >= 15 is 0 Å². The topological polar surface area (TPSA) is 89.9 Å². The Morgan fingerprint density at radius 1 is 1.33 bits per heavy atom. The summed E-state index contributed by atoms with van der Waals surface area (Å²) in [6.45, 7) is 2.36. The van der Waals surface area contributed by atoms with E-state index in [0.29, 0.717) is 33.7 Å². The first-order valence-corrected chi connectivity index (χ1v) is 10.9. The molecule has 0 amide bonds. The first-order valence-electron chi connectivity index (χ1n) is 7.85. The van der Waals surface area contributed by atoms with Crippen LogP contribution in [0.5, 0.6) is 11.5 Å². The summed E-state index contributed by atoms with van der Waals surface area (Å²) in [5, 5.41) is 3.84. The zero-order valence-electron chi connectivity index (χ0n) is 14.5. The monoisotopic (exact) mass is 469 g/mol. The smallest absolute Gasteiger partial charge is 0.303 e. The SMILES string of the molecule is CCOc1c(Br)cc(/C=N/NS(=O)(=O)c2nc3ccccc3s2)cc1OC. The van der Waals surface area contributed by atoms with Crippen molar-refractivity contribution in [2.75, 3.05) is 13.7 Å². The Hall–Kier alpha value is -2.17. The van der Waals surface area contributed by atoms with Crippen LogP contribution in [0.3, 0.4) is 0 Å². The van der Waals surface area contributed by atoms with Crippen LogP contribution in [0.4, 0.5) is 0 Å². The van der Waals surface area contributed by atoms with Crippen molar-refractivity contribution in [3.05, 3.63) is 46.4 Å². The third kappa shape index (κ3) is 4.40. The van der Waals surface area contributed by atoms with Crippen molar-refractivity contribution in [2.45, 2.75) is 11.3 Å². The van der Waals surface area contributed by atoms with E-state index in [1.54, 1.807) is 24.3 Å². The van der Waals surface area contributed by atoms with Crippen LogP contribution in [-0.4, -0.2) is 33.3 Å². The van der Waals surface area contributed by atoms with E-state index in [2.05, 4.69) is 30.8 Å². The third-order valence-electron chi connectivity index (χ3n) is 3.43. The Morgan fingerprint density at radius 2 is 2.11 bits per heavy atom. The summed E-state index contributed by atoms with van der Waals surface area (Å²) in [5.41, 5.74) is 1.27. The minimum Gasteiger partial charge on any atom is -0.493 e. The molecule has 0 bridgehead atoms. The second-order valence-corrected chi connectivity index (χ2v) is 8.99. The van der Waals surface area contributed by atoms with Gasteiger partial charge in [0, 0.05) is 0 Å². The van der Waals surface area contributed by atoms with Crippen LogP contribution in [0.15, 0.2) is 50.3 Å². The van der Waals surface area contributed by atoms with Crippen LogP contribution in [0.25, 0.3) is 10.2 Å². The maximum absolute atomic E-state index is 12.4. The first kappa shape index (κ1) is 19.6. The summed E-state index contributed by atoms with van der Waals surface area (Å²) in [6, 6.07) is 10.7. The molecule has 27 heavy (non-hydrogen) atoms. The van der Waals surface area contributed by atoms with Gasteiger partial charge < -0.3 is 9.47 Å². The molecule has 0 aliphatic rings. The predicted octanol–water partition coefficient (Wildman–Crippen LogP) is 3.78. The molecule has 2 aromatic carbocycles. The van der Waals surface area contributed by atoms with Crippen molar-refractivity contribution in [3.8, 4) is 11.5 Å². The fourth-order valence-corrected chi connectivity index (χ4v) is 4.85. The van der Waals surface area contributed by atoms with Gasteiger partial charge in [-0.15, -0.1) is 11.3 Å². The van der Waals surface area contributed by atoms with Gasteiger partial charge in [0.2, 0.25) is 4.34 Å². The lowest BCUT2D eigenvalue weighted by Gasteiger charge is -2.11. The molecule has 1 aromatic heterocycles. The van der Waals surface area contributed by atoms with Crippen LogP contribution in [0.2, 0.25) is 0 Å². The number of aromatic nitrogens is 1. The van der Waals surface area contributed by atoms with E-state index in [-0.39, 0.29) is 4.34 Å². The Labute approximate surface area is 169 Å². The predicted molar refractivity (Wildman–Crippen MR) is 109 cm³/mol. The van der Waals surface area contributed by atoms with E-state index in [1.807, 2.05) is 19.1 Å². The quantitative estimate of drug-likeness (QED) is 0.419. The molecular weight excluding hydrogens is 454 g/mol. The largest absolute Gasteiger partial charge is 0.493 e. The van der Waals surface area contributed by atoms with Crippen molar-refractivity contribution in [1.82, 2.24) is 9.82 Å². The van der Waals surface area contributed by atoms with Gasteiger partial charge in [0.1, 0.15) is 0 Å². The van der Waals surface area contributed by atoms with Gasteiger partial charge in [-0.2, -0.15) is 18.4 Å². The number of methoxy groups -OCH3 is 1. The molecule has 0 radical (unpaired) electrons. The van der Waals surface area contributed by atoms with Crippen molar-refractivity contribution in [2.24, 2.45) is 5.10 Å². The summed E-state index contributed by atoms with van der Waals surface area (Å²) in [6.07, 6.45) is 1.38. The molecule has 0 atom stereocenters. The average Bonchev–Trinajstić information content (AvgIpc) is 3.09. The highest BCUT2D eigenvalue weighted by molar-refractivity contribution is 9.10. The van der Waals surface area contributed by atoms with Crippen LogP contribution in [-0.2, 0) is 10.0 Å². The molecule has 142 valence electrons. The number of thiazole rings is 1. The zero-order valence-corrected chi connectivity index (χ0v) is 17.7. The van der Waals surface area contributed by atoms with Gasteiger partial charge in [0.15, 0.2) is 11.5 Å². The summed E-state index contributed by atoms with van der Waals surface area (Å²) in [7, 11) is -2.31. The number of para-hydroxylation sites is 1. The van der Waals surface area contributed by atoms with E-state index in [4.69, 9.17) is 9.47 Å². The minimum absolute atomic E-state index is 0.0358. The molecule has 0 spiro atoms. The van der Waals surface area contributed by atoms with Crippen molar-refractivity contribution in [1.29, 1.82) is 0 Å². The van der Waals surface area contributed by atoms with E-state index in [1.165, 1.54) is 13.3 Å². The molecule has 1 N–H and O–H groups in total. The van der Waals surface area contributed by atoms with Crippen molar-refractivity contribution < 1.29 is 17.9 Å². The molecule has 3 rings (SSSR count). The fraction of sp³-hybridized carbons (Fsp3) is 0.176. The second kappa shape index (κ2) is 8.24. The number of hydrazone groups is 1. The number of rotatable bonds is 7. The Bertz CT molecular complexity index is 1060. The molecule has 0 unspecified atom stereocenters. The highest BCUT2D eigenvalue weighted by Crippen LogP contribution is 2.36. The van der Waals surface area contributed by atoms with Gasteiger partial charge in [-0.05, 0) is 52.7 Å². The first-order chi connectivity index (χ1) is 12.9. The Kier molecular flexibility index (Phi) is 5.98. The maximum atomic E-state index is 12.4. The van der Waals surface area contributed by atoms with E-state index in [0.717, 1.165) is 16.0 Å².